The van der Waals surface area contributed by atoms with Gasteiger partial charge in [0, 0.05) is 11.7 Å². The molecule has 2 N–H and O–H groups in total. The molecule has 0 heterocycles. The zero-order chi connectivity index (χ0) is 24.9. The first-order valence-corrected chi connectivity index (χ1v) is 11.4. The summed E-state index contributed by atoms with van der Waals surface area (Å²) in [6.07, 6.45) is -4.91. The summed E-state index contributed by atoms with van der Waals surface area (Å²) >= 11 is 0. The van der Waals surface area contributed by atoms with E-state index in [4.69, 9.17) is 4.74 Å². The number of carbonyl (C=O) groups excluding carboxylic acids is 1. The molecule has 0 fully saturated rings. The maximum Gasteiger partial charge on any atom is 0.419 e. The van der Waals surface area contributed by atoms with Crippen LogP contribution in [-0.2, 0) is 21.0 Å². The quantitative estimate of drug-likeness (QED) is 0.435. The summed E-state index contributed by atoms with van der Waals surface area (Å²) in [4.78, 5) is 12.0. The molecule has 180 valence electrons. The fraction of sp³-hybridized carbons (Fsp3) is 0.174. The molecule has 0 aromatic heterocycles. The van der Waals surface area contributed by atoms with E-state index in [-0.39, 0.29) is 16.3 Å². The van der Waals surface area contributed by atoms with Crippen molar-refractivity contribution in [3.63, 3.8) is 0 Å². The van der Waals surface area contributed by atoms with Gasteiger partial charge in [-0.25, -0.2) is 17.5 Å². The Bertz CT molecular complexity index is 1250. The minimum absolute atomic E-state index is 0.0157. The van der Waals surface area contributed by atoms with Gasteiger partial charge in [-0.15, -0.1) is 0 Å². The SMILES string of the molecule is C[C@@H](NS(=O)(=O)c1ccc(OCC(=O)Nc2ccc(F)c(C(F)(F)F)c2)cc1)c1ccccc1. The van der Waals surface area contributed by atoms with E-state index < -0.39 is 46.1 Å². The lowest BCUT2D eigenvalue weighted by Crippen LogP contribution is -2.26. The van der Waals surface area contributed by atoms with Crippen molar-refractivity contribution in [1.82, 2.24) is 4.72 Å². The molecule has 0 saturated carbocycles. The third-order valence-electron chi connectivity index (χ3n) is 4.69. The van der Waals surface area contributed by atoms with Gasteiger partial charge < -0.3 is 10.1 Å². The molecule has 0 bridgehead atoms. The molecule has 0 spiro atoms. The number of hydrogen-bond donors (Lipinski definition) is 2. The van der Waals surface area contributed by atoms with Crippen molar-refractivity contribution in [2.45, 2.75) is 24.0 Å². The molecule has 3 aromatic carbocycles. The molecule has 0 radical (unpaired) electrons. The summed E-state index contributed by atoms with van der Waals surface area (Å²) in [7, 11) is -3.82. The lowest BCUT2D eigenvalue weighted by Gasteiger charge is -2.15. The van der Waals surface area contributed by atoms with Crippen molar-refractivity contribution >= 4 is 21.6 Å². The molecule has 0 aliphatic heterocycles. The largest absolute Gasteiger partial charge is 0.484 e. The Hall–Kier alpha value is -3.44. The molecular formula is C23H20F4N2O4S. The number of halogens is 4. The summed E-state index contributed by atoms with van der Waals surface area (Å²) in [6, 6.07) is 15.9. The van der Waals surface area contributed by atoms with Crippen molar-refractivity contribution in [2.75, 3.05) is 11.9 Å². The summed E-state index contributed by atoms with van der Waals surface area (Å²) < 4.78 is 84.7. The Labute approximate surface area is 193 Å². The number of ether oxygens (including phenoxy) is 1. The van der Waals surface area contributed by atoms with Crippen molar-refractivity contribution in [3.05, 3.63) is 89.7 Å². The Morgan fingerprint density at radius 3 is 2.26 bits per heavy atom. The summed E-state index contributed by atoms with van der Waals surface area (Å²) in [6.45, 7) is 1.15. The molecule has 0 aliphatic rings. The van der Waals surface area contributed by atoms with E-state index in [0.29, 0.717) is 12.1 Å². The number of nitrogens with one attached hydrogen (secondary N) is 2. The molecular weight excluding hydrogens is 476 g/mol. The van der Waals surface area contributed by atoms with Crippen molar-refractivity contribution in [2.24, 2.45) is 0 Å². The standard InChI is InChI=1S/C23H20F4N2O4S/c1-15(16-5-3-2-4-6-16)29-34(31,32)19-10-8-18(9-11-19)33-14-22(30)28-17-7-12-21(24)20(13-17)23(25,26)27/h2-13,15,29H,14H2,1H3,(H,28,30)/t15-/m1/s1. The molecule has 3 aromatic rings. The van der Waals surface area contributed by atoms with Crippen LogP contribution in [0.15, 0.2) is 77.7 Å². The fourth-order valence-corrected chi connectivity index (χ4v) is 4.22. The van der Waals surface area contributed by atoms with Gasteiger partial charge in [0.25, 0.3) is 5.91 Å². The number of hydrogen-bond acceptors (Lipinski definition) is 4. The van der Waals surface area contributed by atoms with E-state index in [1.54, 1.807) is 31.2 Å². The van der Waals surface area contributed by atoms with Crippen LogP contribution < -0.4 is 14.8 Å². The predicted molar refractivity (Wildman–Crippen MR) is 117 cm³/mol. The molecule has 1 atom stereocenters. The van der Waals surface area contributed by atoms with Crippen LogP contribution >= 0.6 is 0 Å². The normalized spacial score (nSPS) is 12.7. The smallest absolute Gasteiger partial charge is 0.419 e. The summed E-state index contributed by atoms with van der Waals surface area (Å²) in [5.74, 6) is -2.07. The maximum absolute atomic E-state index is 13.3. The van der Waals surface area contributed by atoms with Gasteiger partial charge in [0.1, 0.15) is 11.6 Å². The number of amides is 1. The van der Waals surface area contributed by atoms with Crippen LogP contribution in [0.2, 0.25) is 0 Å². The van der Waals surface area contributed by atoms with Crippen LogP contribution in [0, 0.1) is 5.82 Å². The summed E-state index contributed by atoms with van der Waals surface area (Å²) in [5.41, 5.74) is -0.957. The number of carbonyl (C=O) groups is 1. The highest BCUT2D eigenvalue weighted by Gasteiger charge is 2.34. The van der Waals surface area contributed by atoms with Gasteiger partial charge in [-0.2, -0.15) is 13.2 Å². The van der Waals surface area contributed by atoms with E-state index >= 15 is 0 Å². The minimum Gasteiger partial charge on any atom is -0.484 e. The van der Waals surface area contributed by atoms with Gasteiger partial charge in [-0.05, 0) is 55.0 Å². The van der Waals surface area contributed by atoms with E-state index in [0.717, 1.165) is 11.6 Å². The number of benzene rings is 3. The highest BCUT2D eigenvalue weighted by Crippen LogP contribution is 2.33. The first-order valence-electron chi connectivity index (χ1n) is 9.92. The van der Waals surface area contributed by atoms with E-state index in [1.165, 1.54) is 24.3 Å². The second-order valence-corrected chi connectivity index (χ2v) is 8.97. The monoisotopic (exact) mass is 496 g/mol. The van der Waals surface area contributed by atoms with Crippen LogP contribution in [0.1, 0.15) is 24.1 Å². The van der Waals surface area contributed by atoms with Crippen molar-refractivity contribution < 1.29 is 35.5 Å². The second kappa shape index (κ2) is 10.2. The summed E-state index contributed by atoms with van der Waals surface area (Å²) in [5, 5.41) is 2.19. The molecule has 3 rings (SSSR count). The molecule has 34 heavy (non-hydrogen) atoms. The fourth-order valence-electron chi connectivity index (χ4n) is 2.99. The Morgan fingerprint density at radius 2 is 1.65 bits per heavy atom. The highest BCUT2D eigenvalue weighted by molar-refractivity contribution is 7.89. The Kier molecular flexibility index (Phi) is 7.57. The maximum atomic E-state index is 13.3. The minimum atomic E-state index is -4.91. The molecule has 11 heteroatoms. The van der Waals surface area contributed by atoms with E-state index in [1.807, 2.05) is 6.07 Å². The van der Waals surface area contributed by atoms with Crippen LogP contribution in [0.3, 0.4) is 0 Å². The molecule has 6 nitrogen and oxygen atoms in total. The number of alkyl halides is 3. The van der Waals surface area contributed by atoms with Gasteiger partial charge in [-0.3, -0.25) is 4.79 Å². The van der Waals surface area contributed by atoms with Crippen LogP contribution in [0.25, 0.3) is 0 Å². The number of anilines is 1. The van der Waals surface area contributed by atoms with E-state index in [9.17, 15) is 30.8 Å². The van der Waals surface area contributed by atoms with Crippen LogP contribution in [0.4, 0.5) is 23.2 Å². The third-order valence-corrected chi connectivity index (χ3v) is 6.25. The highest BCUT2D eigenvalue weighted by atomic mass is 32.2. The van der Waals surface area contributed by atoms with E-state index in [2.05, 4.69) is 10.0 Å². The molecule has 0 aliphatic carbocycles. The lowest BCUT2D eigenvalue weighted by molar-refractivity contribution is -0.140. The average Bonchev–Trinajstić information content (AvgIpc) is 2.79. The van der Waals surface area contributed by atoms with Gasteiger partial charge >= 0.3 is 6.18 Å². The molecule has 0 saturated heterocycles. The van der Waals surface area contributed by atoms with Crippen LogP contribution in [-0.4, -0.2) is 20.9 Å². The van der Waals surface area contributed by atoms with Crippen LogP contribution in [0.5, 0.6) is 5.75 Å². The van der Waals surface area contributed by atoms with Gasteiger partial charge in [-0.1, -0.05) is 30.3 Å². The van der Waals surface area contributed by atoms with Crippen molar-refractivity contribution in [3.8, 4) is 5.75 Å². The van der Waals surface area contributed by atoms with Gasteiger partial charge in [0.2, 0.25) is 10.0 Å². The average molecular weight is 496 g/mol. The lowest BCUT2D eigenvalue weighted by atomic mass is 10.1. The molecule has 1 amide bonds. The predicted octanol–water partition coefficient (Wildman–Crippen LogP) is 4.90. The topological polar surface area (TPSA) is 84.5 Å². The molecule has 0 unspecified atom stereocenters. The second-order valence-electron chi connectivity index (χ2n) is 7.25. The Morgan fingerprint density at radius 1 is 1.00 bits per heavy atom. The third kappa shape index (κ3) is 6.55. The first-order chi connectivity index (χ1) is 16.0. The van der Waals surface area contributed by atoms with Gasteiger partial charge in [0.05, 0.1) is 10.5 Å². The van der Waals surface area contributed by atoms with Crippen molar-refractivity contribution in [1.29, 1.82) is 0 Å². The number of rotatable bonds is 8. The Balaban J connectivity index is 1.58. The first kappa shape index (κ1) is 25.2. The zero-order valence-corrected chi connectivity index (χ0v) is 18.6. The van der Waals surface area contributed by atoms with Gasteiger partial charge in [0.15, 0.2) is 6.61 Å². The number of sulfonamides is 1. The zero-order valence-electron chi connectivity index (χ0n) is 17.8.